The number of para-hydroxylation sites is 1. The second kappa shape index (κ2) is 8.80. The van der Waals surface area contributed by atoms with Crippen LogP contribution in [0.25, 0.3) is 16.9 Å². The second-order valence-corrected chi connectivity index (χ2v) is 7.63. The van der Waals surface area contributed by atoms with Gasteiger partial charge in [0.15, 0.2) is 0 Å². The monoisotopic (exact) mass is 410 g/mol. The molecule has 1 aliphatic rings. The van der Waals surface area contributed by atoms with Gasteiger partial charge in [-0.15, -0.1) is 12.4 Å². The number of amides is 1. The summed E-state index contributed by atoms with van der Waals surface area (Å²) in [5.41, 5.74) is 11.5. The molecule has 1 aliphatic heterocycles. The van der Waals surface area contributed by atoms with E-state index in [4.69, 9.17) is 10.8 Å². The van der Waals surface area contributed by atoms with E-state index in [0.717, 1.165) is 42.0 Å². The van der Waals surface area contributed by atoms with Gasteiger partial charge in [-0.1, -0.05) is 42.0 Å². The molecule has 1 saturated heterocycles. The molecule has 1 unspecified atom stereocenters. The predicted molar refractivity (Wildman–Crippen MR) is 119 cm³/mol. The topological polar surface area (TPSA) is 64.2 Å². The van der Waals surface area contributed by atoms with E-state index in [0.29, 0.717) is 18.0 Å². The molecule has 0 spiro atoms. The minimum absolute atomic E-state index is 0. The van der Waals surface area contributed by atoms with Crippen LogP contribution in [-0.4, -0.2) is 40.2 Å². The van der Waals surface area contributed by atoms with Crippen LogP contribution in [0.2, 0.25) is 0 Å². The van der Waals surface area contributed by atoms with Gasteiger partial charge in [-0.25, -0.2) is 4.68 Å². The van der Waals surface area contributed by atoms with Crippen molar-refractivity contribution >= 4 is 18.3 Å². The molecule has 0 radical (unpaired) electrons. The van der Waals surface area contributed by atoms with E-state index in [1.165, 1.54) is 5.56 Å². The Morgan fingerprint density at radius 1 is 1.17 bits per heavy atom. The molecule has 152 valence electrons. The van der Waals surface area contributed by atoms with Gasteiger partial charge in [-0.05, 0) is 50.4 Å². The first-order valence-corrected chi connectivity index (χ1v) is 9.79. The van der Waals surface area contributed by atoms with Crippen LogP contribution in [0, 0.1) is 19.8 Å². The number of carbonyl (C=O) groups is 1. The number of nitrogens with two attached hydrogens (primary N) is 1. The summed E-state index contributed by atoms with van der Waals surface area (Å²) in [5.74, 6) is 0.422. The van der Waals surface area contributed by atoms with Crippen molar-refractivity contribution in [2.45, 2.75) is 20.3 Å². The number of aryl methyl sites for hydroxylation is 2. The Hall–Kier alpha value is -2.63. The second-order valence-electron chi connectivity index (χ2n) is 7.63. The molecule has 2 heterocycles. The van der Waals surface area contributed by atoms with Crippen LogP contribution in [0.5, 0.6) is 0 Å². The van der Waals surface area contributed by atoms with Gasteiger partial charge < -0.3 is 10.6 Å². The van der Waals surface area contributed by atoms with Gasteiger partial charge in [0.25, 0.3) is 5.91 Å². The van der Waals surface area contributed by atoms with Crippen molar-refractivity contribution in [2.24, 2.45) is 11.7 Å². The number of carbonyl (C=O) groups excluding carboxylic acids is 1. The summed E-state index contributed by atoms with van der Waals surface area (Å²) in [4.78, 5) is 15.3. The molecular weight excluding hydrogens is 384 g/mol. The van der Waals surface area contributed by atoms with E-state index < -0.39 is 0 Å². The van der Waals surface area contributed by atoms with E-state index in [2.05, 4.69) is 32.0 Å². The zero-order valence-electron chi connectivity index (χ0n) is 16.8. The van der Waals surface area contributed by atoms with Gasteiger partial charge in [0.2, 0.25) is 0 Å². The van der Waals surface area contributed by atoms with E-state index >= 15 is 0 Å². The third-order valence-electron chi connectivity index (χ3n) is 5.51. The third kappa shape index (κ3) is 4.21. The molecule has 29 heavy (non-hydrogen) atoms. The summed E-state index contributed by atoms with van der Waals surface area (Å²) in [6, 6.07) is 16.2. The summed E-state index contributed by atoms with van der Waals surface area (Å²) < 4.78 is 1.80. The molecule has 1 aromatic heterocycles. The molecule has 2 N–H and O–H groups in total. The average molecular weight is 411 g/mol. The van der Waals surface area contributed by atoms with Gasteiger partial charge >= 0.3 is 0 Å². The number of benzene rings is 2. The van der Waals surface area contributed by atoms with Crippen molar-refractivity contribution < 1.29 is 4.79 Å². The Morgan fingerprint density at radius 3 is 2.59 bits per heavy atom. The van der Waals surface area contributed by atoms with E-state index in [1.807, 2.05) is 41.4 Å². The predicted octanol–water partition coefficient (Wildman–Crippen LogP) is 4.00. The molecule has 5 nitrogen and oxygen atoms in total. The van der Waals surface area contributed by atoms with Gasteiger partial charge in [-0.3, -0.25) is 4.79 Å². The van der Waals surface area contributed by atoms with Gasteiger partial charge in [-0.2, -0.15) is 5.10 Å². The van der Waals surface area contributed by atoms with E-state index in [-0.39, 0.29) is 18.3 Å². The Balaban J connectivity index is 0.00000240. The first-order valence-electron chi connectivity index (χ1n) is 9.79. The number of rotatable bonds is 4. The Morgan fingerprint density at radius 2 is 1.93 bits per heavy atom. The zero-order valence-corrected chi connectivity index (χ0v) is 17.7. The van der Waals surface area contributed by atoms with Gasteiger partial charge in [0, 0.05) is 24.8 Å². The van der Waals surface area contributed by atoms with E-state index in [9.17, 15) is 4.79 Å². The quantitative estimate of drug-likeness (QED) is 0.707. The highest BCUT2D eigenvalue weighted by Gasteiger charge is 2.29. The number of aromatic nitrogens is 2. The fourth-order valence-electron chi connectivity index (χ4n) is 3.90. The van der Waals surface area contributed by atoms with Gasteiger partial charge in [0.05, 0.1) is 11.3 Å². The average Bonchev–Trinajstić information content (AvgIpc) is 3.36. The lowest BCUT2D eigenvalue weighted by molar-refractivity contribution is 0.0788. The third-order valence-corrected chi connectivity index (χ3v) is 5.51. The summed E-state index contributed by atoms with van der Waals surface area (Å²) in [6.45, 7) is 6.24. The molecule has 4 rings (SSSR count). The maximum atomic E-state index is 13.4. The highest BCUT2D eigenvalue weighted by atomic mass is 35.5. The van der Waals surface area contributed by atoms with E-state index in [1.54, 1.807) is 4.68 Å². The smallest absolute Gasteiger partial charge is 0.257 e. The molecule has 6 heteroatoms. The van der Waals surface area contributed by atoms with Crippen molar-refractivity contribution in [3.8, 4) is 16.9 Å². The number of nitrogens with zero attached hydrogens (tertiary/aromatic N) is 3. The molecular formula is C23H27ClN4O. The van der Waals surface area contributed by atoms with Crippen LogP contribution in [-0.2, 0) is 0 Å². The summed E-state index contributed by atoms with van der Waals surface area (Å²) in [5, 5.41) is 4.82. The van der Waals surface area contributed by atoms with Crippen molar-refractivity contribution in [1.29, 1.82) is 0 Å². The Labute approximate surface area is 177 Å². The number of likely N-dealkylation sites (tertiary alicyclic amines) is 1. The standard InChI is InChI=1S/C23H26N4O.ClH/c1-16-8-9-20(17(2)12-16)22-21(23(28)26-11-10-18(13-24)14-26)15-27(25-22)19-6-4-3-5-7-19;/h3-9,12,15,18H,10-11,13-14,24H2,1-2H3;1H. The van der Waals surface area contributed by atoms with Crippen LogP contribution in [0.4, 0.5) is 0 Å². The van der Waals surface area contributed by atoms with Crippen molar-refractivity contribution in [1.82, 2.24) is 14.7 Å². The lowest BCUT2D eigenvalue weighted by atomic mass is 10.0. The highest BCUT2D eigenvalue weighted by Crippen LogP contribution is 2.29. The molecule has 0 saturated carbocycles. The maximum Gasteiger partial charge on any atom is 0.257 e. The molecule has 3 aromatic rings. The van der Waals surface area contributed by atoms with Crippen LogP contribution in [0.3, 0.4) is 0 Å². The van der Waals surface area contributed by atoms with Crippen LogP contribution in [0.1, 0.15) is 27.9 Å². The fraction of sp³-hybridized carbons (Fsp3) is 0.304. The first-order chi connectivity index (χ1) is 13.6. The molecule has 1 fully saturated rings. The minimum atomic E-state index is 0. The fourth-order valence-corrected chi connectivity index (χ4v) is 3.90. The largest absolute Gasteiger partial charge is 0.338 e. The molecule has 2 aromatic carbocycles. The number of hydrogen-bond donors (Lipinski definition) is 1. The Kier molecular flexibility index (Phi) is 6.40. The highest BCUT2D eigenvalue weighted by molar-refractivity contribution is 6.00. The van der Waals surface area contributed by atoms with Crippen molar-refractivity contribution in [3.63, 3.8) is 0 Å². The lowest BCUT2D eigenvalue weighted by Crippen LogP contribution is -2.30. The molecule has 0 aliphatic carbocycles. The zero-order chi connectivity index (χ0) is 19.7. The van der Waals surface area contributed by atoms with Gasteiger partial charge in [0.1, 0.15) is 5.69 Å². The number of hydrogen-bond acceptors (Lipinski definition) is 3. The molecule has 1 atom stereocenters. The maximum absolute atomic E-state index is 13.4. The summed E-state index contributed by atoms with van der Waals surface area (Å²) in [6.07, 6.45) is 2.83. The van der Waals surface area contributed by atoms with Crippen LogP contribution in [0.15, 0.2) is 54.7 Å². The summed E-state index contributed by atoms with van der Waals surface area (Å²) >= 11 is 0. The van der Waals surface area contributed by atoms with Crippen LogP contribution >= 0.6 is 12.4 Å². The minimum Gasteiger partial charge on any atom is -0.338 e. The first kappa shape index (κ1) is 21.1. The van der Waals surface area contributed by atoms with Crippen LogP contribution < -0.4 is 5.73 Å². The Bertz CT molecular complexity index is 999. The molecule has 1 amide bonds. The number of halogens is 1. The normalized spacial score (nSPS) is 16.0. The van der Waals surface area contributed by atoms with Crippen molar-refractivity contribution in [3.05, 3.63) is 71.4 Å². The summed E-state index contributed by atoms with van der Waals surface area (Å²) in [7, 11) is 0. The lowest BCUT2D eigenvalue weighted by Gasteiger charge is -2.16. The van der Waals surface area contributed by atoms with Crippen molar-refractivity contribution in [2.75, 3.05) is 19.6 Å². The molecule has 0 bridgehead atoms. The SMILES string of the molecule is Cc1ccc(-c2nn(-c3ccccc3)cc2C(=O)N2CCC(CN)C2)c(C)c1.Cl.